The molecule has 0 amide bonds. The van der Waals surface area contributed by atoms with E-state index in [9.17, 15) is 0 Å². The molecule has 4 nitrogen and oxygen atoms in total. The molecule has 0 unspecified atom stereocenters. The fourth-order valence-corrected chi connectivity index (χ4v) is 2.99. The average Bonchev–Trinajstić information content (AvgIpc) is 3.19. The summed E-state index contributed by atoms with van der Waals surface area (Å²) in [6.45, 7) is 4.07. The minimum atomic E-state index is 0.625. The van der Waals surface area contributed by atoms with E-state index in [1.54, 1.807) is 0 Å². The molecule has 2 N–H and O–H groups in total. The van der Waals surface area contributed by atoms with Crippen molar-refractivity contribution >= 4 is 22.4 Å². The summed E-state index contributed by atoms with van der Waals surface area (Å²) in [5, 5.41) is 1.05. The van der Waals surface area contributed by atoms with Gasteiger partial charge in [0.05, 0.1) is 0 Å². The fourth-order valence-electron chi connectivity index (χ4n) is 2.22. The van der Waals surface area contributed by atoms with Crippen LogP contribution in [0.3, 0.4) is 0 Å². The number of benzene rings is 1. The van der Waals surface area contributed by atoms with E-state index in [1.807, 2.05) is 12.1 Å². The van der Waals surface area contributed by atoms with E-state index in [1.165, 1.54) is 29.9 Å². The summed E-state index contributed by atoms with van der Waals surface area (Å²) in [5.41, 5.74) is 7.81. The minimum Gasteiger partial charge on any atom is -0.399 e. The first-order valence-corrected chi connectivity index (χ1v) is 7.96. The maximum absolute atomic E-state index is 5.74. The summed E-state index contributed by atoms with van der Waals surface area (Å²) in [6, 6.07) is 8.08. The number of nitrogen functional groups attached to an aromatic ring is 1. The molecule has 1 aliphatic carbocycles. The summed E-state index contributed by atoms with van der Waals surface area (Å²) < 4.78 is 4.51. The van der Waals surface area contributed by atoms with Crippen LogP contribution in [0.2, 0.25) is 0 Å². The van der Waals surface area contributed by atoms with Crippen LogP contribution < -0.4 is 10.6 Å². The van der Waals surface area contributed by atoms with Crippen LogP contribution in [0.15, 0.2) is 24.3 Å². The van der Waals surface area contributed by atoms with Gasteiger partial charge in [0.2, 0.25) is 5.13 Å². The average molecular weight is 288 g/mol. The lowest BCUT2D eigenvalue weighted by molar-refractivity contribution is 0.760. The van der Waals surface area contributed by atoms with E-state index in [4.69, 9.17) is 10.7 Å². The smallest absolute Gasteiger partial charge is 0.205 e. The predicted octanol–water partition coefficient (Wildman–Crippen LogP) is 3.41. The van der Waals surface area contributed by atoms with Crippen molar-refractivity contribution in [3.63, 3.8) is 0 Å². The molecule has 1 saturated carbocycles. The largest absolute Gasteiger partial charge is 0.399 e. The highest BCUT2D eigenvalue weighted by Gasteiger charge is 2.28. The van der Waals surface area contributed by atoms with Crippen molar-refractivity contribution in [1.82, 2.24) is 9.36 Å². The lowest BCUT2D eigenvalue weighted by atomic mass is 10.2. The Morgan fingerprint density at radius 1 is 1.30 bits per heavy atom. The molecule has 2 aromatic rings. The van der Waals surface area contributed by atoms with Crippen LogP contribution in [0.4, 0.5) is 10.8 Å². The van der Waals surface area contributed by atoms with Crippen molar-refractivity contribution in [1.29, 1.82) is 0 Å². The summed E-state index contributed by atoms with van der Waals surface area (Å²) in [4.78, 5) is 7.03. The summed E-state index contributed by atoms with van der Waals surface area (Å²) in [6.07, 6.45) is 3.61. The van der Waals surface area contributed by atoms with Gasteiger partial charge in [-0.1, -0.05) is 19.1 Å². The molecule has 0 spiro atoms. The molecule has 0 aliphatic heterocycles. The van der Waals surface area contributed by atoms with Crippen molar-refractivity contribution in [2.75, 3.05) is 17.2 Å². The van der Waals surface area contributed by atoms with E-state index in [2.05, 4.69) is 28.3 Å². The molecule has 1 aromatic carbocycles. The van der Waals surface area contributed by atoms with Gasteiger partial charge in [0.25, 0.3) is 0 Å². The van der Waals surface area contributed by atoms with Gasteiger partial charge in [-0.2, -0.15) is 4.37 Å². The molecule has 0 atom stereocenters. The zero-order valence-electron chi connectivity index (χ0n) is 11.7. The summed E-state index contributed by atoms with van der Waals surface area (Å²) >= 11 is 1.53. The van der Waals surface area contributed by atoms with Crippen molar-refractivity contribution in [3.05, 3.63) is 35.7 Å². The fraction of sp³-hybridized carbons (Fsp3) is 0.467. The highest BCUT2D eigenvalue weighted by molar-refractivity contribution is 7.09. The molecule has 0 saturated heterocycles. The predicted molar refractivity (Wildman–Crippen MR) is 84.1 cm³/mol. The number of nitrogens with zero attached hydrogens (tertiary/aromatic N) is 3. The summed E-state index contributed by atoms with van der Waals surface area (Å²) in [7, 11) is 0. The molecule has 1 aliphatic rings. The molecular weight excluding hydrogens is 268 g/mol. The molecule has 20 heavy (non-hydrogen) atoms. The van der Waals surface area contributed by atoms with Gasteiger partial charge < -0.3 is 10.6 Å². The third kappa shape index (κ3) is 3.10. The number of hydrogen-bond donors (Lipinski definition) is 1. The first kappa shape index (κ1) is 13.4. The maximum Gasteiger partial charge on any atom is 0.205 e. The lowest BCUT2D eigenvalue weighted by Crippen LogP contribution is -2.23. The number of rotatable bonds is 6. The van der Waals surface area contributed by atoms with Gasteiger partial charge in [0, 0.05) is 36.2 Å². The summed E-state index contributed by atoms with van der Waals surface area (Å²) in [5.74, 6) is 1.67. The number of nitrogens with two attached hydrogens (primary N) is 1. The van der Waals surface area contributed by atoms with Gasteiger partial charge in [-0.25, -0.2) is 4.98 Å². The normalized spacial score (nSPS) is 14.4. The molecule has 1 heterocycles. The number of anilines is 2. The van der Waals surface area contributed by atoms with Crippen molar-refractivity contribution < 1.29 is 0 Å². The van der Waals surface area contributed by atoms with Gasteiger partial charge in [-0.15, -0.1) is 0 Å². The Morgan fingerprint density at radius 3 is 2.70 bits per heavy atom. The molecular formula is C15H20N4S. The van der Waals surface area contributed by atoms with E-state index in [0.29, 0.717) is 5.92 Å². The number of hydrogen-bond acceptors (Lipinski definition) is 5. The zero-order valence-corrected chi connectivity index (χ0v) is 12.6. The van der Waals surface area contributed by atoms with Crippen LogP contribution in [0, 0.1) is 0 Å². The van der Waals surface area contributed by atoms with Gasteiger partial charge in [0.1, 0.15) is 5.82 Å². The number of aromatic nitrogens is 2. The second kappa shape index (κ2) is 5.79. The standard InChI is InChI=1S/C15H20N4S/c1-2-9-19(10-11-3-7-13(16)8-4-11)15-17-14(18-20-15)12-5-6-12/h3-4,7-8,12H,2,5-6,9-10,16H2,1H3. The topological polar surface area (TPSA) is 55.0 Å². The molecule has 1 aromatic heterocycles. The maximum atomic E-state index is 5.74. The van der Waals surface area contributed by atoms with E-state index >= 15 is 0 Å². The molecule has 0 radical (unpaired) electrons. The van der Waals surface area contributed by atoms with Crippen LogP contribution in [0.1, 0.15) is 43.5 Å². The lowest BCUT2D eigenvalue weighted by Gasteiger charge is -2.20. The Morgan fingerprint density at radius 2 is 2.05 bits per heavy atom. The highest BCUT2D eigenvalue weighted by Crippen LogP contribution is 2.39. The van der Waals surface area contributed by atoms with Crippen LogP contribution in [-0.4, -0.2) is 15.9 Å². The molecule has 3 rings (SSSR count). The van der Waals surface area contributed by atoms with Gasteiger partial charge in [0.15, 0.2) is 0 Å². The Balaban J connectivity index is 1.74. The zero-order chi connectivity index (χ0) is 13.9. The van der Waals surface area contributed by atoms with Crippen LogP contribution >= 0.6 is 11.5 Å². The first-order valence-electron chi connectivity index (χ1n) is 7.19. The monoisotopic (exact) mass is 288 g/mol. The third-order valence-electron chi connectivity index (χ3n) is 3.49. The van der Waals surface area contributed by atoms with Crippen LogP contribution in [0.5, 0.6) is 0 Å². The first-order chi connectivity index (χ1) is 9.76. The SMILES string of the molecule is CCCN(Cc1ccc(N)cc1)c1nc(C2CC2)ns1. The van der Waals surface area contributed by atoms with E-state index < -0.39 is 0 Å². The van der Waals surface area contributed by atoms with Crippen molar-refractivity contribution in [2.24, 2.45) is 0 Å². The van der Waals surface area contributed by atoms with Gasteiger partial charge >= 0.3 is 0 Å². The van der Waals surface area contributed by atoms with Gasteiger partial charge in [-0.3, -0.25) is 0 Å². The Labute approximate surface area is 123 Å². The molecule has 0 bridgehead atoms. The van der Waals surface area contributed by atoms with E-state index in [0.717, 1.165) is 36.2 Å². The Bertz CT molecular complexity index is 560. The second-order valence-electron chi connectivity index (χ2n) is 5.37. The van der Waals surface area contributed by atoms with Crippen molar-refractivity contribution in [3.8, 4) is 0 Å². The quantitative estimate of drug-likeness (QED) is 0.828. The molecule has 106 valence electrons. The Hall–Kier alpha value is -1.62. The van der Waals surface area contributed by atoms with Gasteiger partial charge in [-0.05, 0) is 37.0 Å². The van der Waals surface area contributed by atoms with Crippen molar-refractivity contribution in [2.45, 2.75) is 38.6 Å². The Kier molecular flexibility index (Phi) is 3.87. The highest BCUT2D eigenvalue weighted by atomic mass is 32.1. The minimum absolute atomic E-state index is 0.625. The van der Waals surface area contributed by atoms with Crippen LogP contribution in [-0.2, 0) is 6.54 Å². The van der Waals surface area contributed by atoms with Crippen LogP contribution in [0.25, 0.3) is 0 Å². The van der Waals surface area contributed by atoms with E-state index in [-0.39, 0.29) is 0 Å². The molecule has 1 fully saturated rings. The molecule has 5 heteroatoms. The third-order valence-corrected chi connectivity index (χ3v) is 4.28. The second-order valence-corrected chi connectivity index (χ2v) is 6.10.